The zero-order valence-electron chi connectivity index (χ0n) is 9.24. The highest BCUT2D eigenvalue weighted by Gasteiger charge is 2.07. The van der Waals surface area contributed by atoms with Gasteiger partial charge < -0.3 is 14.6 Å². The van der Waals surface area contributed by atoms with Gasteiger partial charge in [0.05, 0.1) is 24.7 Å². The lowest BCUT2D eigenvalue weighted by atomic mass is 10.3. The first kappa shape index (κ1) is 9.98. The minimum Gasteiger partial charge on any atom is -0.497 e. The van der Waals surface area contributed by atoms with Crippen LogP contribution in [0.2, 0.25) is 0 Å². The molecule has 1 aromatic heterocycles. The van der Waals surface area contributed by atoms with Gasteiger partial charge in [-0.3, -0.25) is 0 Å². The zero-order valence-corrected chi connectivity index (χ0v) is 9.24. The van der Waals surface area contributed by atoms with Crippen molar-refractivity contribution in [1.82, 2.24) is 14.9 Å². The van der Waals surface area contributed by atoms with E-state index in [2.05, 4.69) is 14.9 Å². The van der Waals surface area contributed by atoms with E-state index in [0.717, 1.165) is 29.2 Å². The molecular weight excluding hydrogens is 190 g/mol. The molecule has 2 aromatic rings. The van der Waals surface area contributed by atoms with Gasteiger partial charge in [0.2, 0.25) is 0 Å². The molecule has 0 aliphatic heterocycles. The van der Waals surface area contributed by atoms with Crippen LogP contribution in [0.1, 0.15) is 5.82 Å². The van der Waals surface area contributed by atoms with E-state index in [9.17, 15) is 0 Å². The van der Waals surface area contributed by atoms with E-state index >= 15 is 0 Å². The molecule has 2 rings (SSSR count). The molecule has 0 saturated carbocycles. The number of rotatable bonds is 3. The normalized spacial score (nSPS) is 10.9. The molecule has 0 amide bonds. The number of nitrogens with one attached hydrogen (secondary N) is 1. The van der Waals surface area contributed by atoms with Gasteiger partial charge in [0.15, 0.2) is 0 Å². The van der Waals surface area contributed by atoms with E-state index in [-0.39, 0.29) is 0 Å². The summed E-state index contributed by atoms with van der Waals surface area (Å²) in [5.74, 6) is 1.87. The largest absolute Gasteiger partial charge is 0.497 e. The summed E-state index contributed by atoms with van der Waals surface area (Å²) in [5.41, 5.74) is 2.10. The Morgan fingerprint density at radius 3 is 2.93 bits per heavy atom. The zero-order chi connectivity index (χ0) is 10.8. The summed E-state index contributed by atoms with van der Waals surface area (Å²) in [6.07, 6.45) is 0. The lowest BCUT2D eigenvalue weighted by Crippen LogP contribution is -2.10. The SMILES string of the molecule is CNCc1nc2cc(OC)ccc2n1C. The molecule has 4 heteroatoms. The number of hydrogen-bond acceptors (Lipinski definition) is 3. The van der Waals surface area contributed by atoms with Crippen molar-refractivity contribution >= 4 is 11.0 Å². The van der Waals surface area contributed by atoms with Gasteiger partial charge in [-0.2, -0.15) is 0 Å². The number of methoxy groups -OCH3 is 1. The van der Waals surface area contributed by atoms with Gasteiger partial charge >= 0.3 is 0 Å². The molecular formula is C11H15N3O. The summed E-state index contributed by atoms with van der Waals surface area (Å²) in [4.78, 5) is 4.53. The fourth-order valence-corrected chi connectivity index (χ4v) is 1.67. The second-order valence-electron chi connectivity index (χ2n) is 3.47. The van der Waals surface area contributed by atoms with Crippen LogP contribution in [-0.2, 0) is 13.6 Å². The van der Waals surface area contributed by atoms with E-state index < -0.39 is 0 Å². The topological polar surface area (TPSA) is 39.1 Å². The van der Waals surface area contributed by atoms with Crippen LogP contribution in [0, 0.1) is 0 Å². The number of imidazole rings is 1. The van der Waals surface area contributed by atoms with Gasteiger partial charge in [0, 0.05) is 13.1 Å². The van der Waals surface area contributed by atoms with Crippen molar-refractivity contribution in [3.8, 4) is 5.75 Å². The van der Waals surface area contributed by atoms with Crippen molar-refractivity contribution < 1.29 is 4.74 Å². The number of ether oxygens (including phenoxy) is 1. The van der Waals surface area contributed by atoms with Gasteiger partial charge in [-0.25, -0.2) is 4.98 Å². The van der Waals surface area contributed by atoms with Crippen molar-refractivity contribution in [2.75, 3.05) is 14.2 Å². The van der Waals surface area contributed by atoms with Crippen LogP contribution in [0.15, 0.2) is 18.2 Å². The van der Waals surface area contributed by atoms with E-state index in [1.165, 1.54) is 0 Å². The van der Waals surface area contributed by atoms with Crippen LogP contribution >= 0.6 is 0 Å². The molecule has 80 valence electrons. The van der Waals surface area contributed by atoms with Gasteiger partial charge in [0.1, 0.15) is 11.6 Å². The van der Waals surface area contributed by atoms with Gasteiger partial charge in [-0.05, 0) is 19.2 Å². The standard InChI is InChI=1S/C11H15N3O/c1-12-7-11-13-9-6-8(15-3)4-5-10(9)14(11)2/h4-6,12H,7H2,1-3H3. The minimum absolute atomic E-state index is 0.771. The molecule has 1 N–H and O–H groups in total. The van der Waals surface area contributed by atoms with E-state index in [0.29, 0.717) is 0 Å². The number of fused-ring (bicyclic) bond motifs is 1. The maximum atomic E-state index is 5.17. The lowest BCUT2D eigenvalue weighted by Gasteiger charge is -2.01. The van der Waals surface area contributed by atoms with Crippen molar-refractivity contribution in [2.24, 2.45) is 7.05 Å². The van der Waals surface area contributed by atoms with E-state index in [1.54, 1.807) is 7.11 Å². The highest BCUT2D eigenvalue weighted by atomic mass is 16.5. The monoisotopic (exact) mass is 205 g/mol. The predicted molar refractivity (Wildman–Crippen MR) is 60.0 cm³/mol. The molecule has 1 aromatic carbocycles. The number of aryl methyl sites for hydroxylation is 1. The van der Waals surface area contributed by atoms with Crippen molar-refractivity contribution in [3.05, 3.63) is 24.0 Å². The average molecular weight is 205 g/mol. The highest BCUT2D eigenvalue weighted by molar-refractivity contribution is 5.77. The predicted octanol–water partition coefficient (Wildman–Crippen LogP) is 1.30. The summed E-state index contributed by atoms with van der Waals surface area (Å²) in [6.45, 7) is 0.771. The number of benzene rings is 1. The minimum atomic E-state index is 0.771. The Morgan fingerprint density at radius 2 is 2.27 bits per heavy atom. The number of hydrogen-bond donors (Lipinski definition) is 1. The van der Waals surface area contributed by atoms with Crippen LogP contribution in [0.4, 0.5) is 0 Å². The van der Waals surface area contributed by atoms with Crippen LogP contribution in [0.5, 0.6) is 5.75 Å². The van der Waals surface area contributed by atoms with Crippen LogP contribution < -0.4 is 10.1 Å². The first-order valence-electron chi connectivity index (χ1n) is 4.90. The summed E-state index contributed by atoms with van der Waals surface area (Å²) in [6, 6.07) is 5.93. The maximum Gasteiger partial charge on any atom is 0.123 e. The number of nitrogens with zero attached hydrogens (tertiary/aromatic N) is 2. The van der Waals surface area contributed by atoms with Crippen LogP contribution in [0.3, 0.4) is 0 Å². The van der Waals surface area contributed by atoms with Gasteiger partial charge in [-0.1, -0.05) is 0 Å². The summed E-state index contributed by atoms with van der Waals surface area (Å²) >= 11 is 0. The summed E-state index contributed by atoms with van der Waals surface area (Å²) in [5, 5.41) is 3.10. The van der Waals surface area contributed by atoms with Crippen molar-refractivity contribution in [1.29, 1.82) is 0 Å². The highest BCUT2D eigenvalue weighted by Crippen LogP contribution is 2.20. The Balaban J connectivity index is 2.55. The molecule has 0 aliphatic rings. The molecule has 0 bridgehead atoms. The van der Waals surface area contributed by atoms with E-state index in [1.807, 2.05) is 32.3 Å². The second kappa shape index (κ2) is 3.90. The molecule has 1 heterocycles. The van der Waals surface area contributed by atoms with Crippen LogP contribution in [-0.4, -0.2) is 23.7 Å². The third-order valence-electron chi connectivity index (χ3n) is 2.52. The summed E-state index contributed by atoms with van der Waals surface area (Å²) in [7, 11) is 5.60. The Bertz CT molecular complexity index is 476. The molecule has 0 atom stereocenters. The first-order chi connectivity index (χ1) is 7.26. The number of aromatic nitrogens is 2. The Morgan fingerprint density at radius 1 is 1.47 bits per heavy atom. The Hall–Kier alpha value is -1.55. The van der Waals surface area contributed by atoms with Crippen molar-refractivity contribution in [3.63, 3.8) is 0 Å². The fourth-order valence-electron chi connectivity index (χ4n) is 1.67. The van der Waals surface area contributed by atoms with Crippen LogP contribution in [0.25, 0.3) is 11.0 Å². The fraction of sp³-hybridized carbons (Fsp3) is 0.364. The quantitative estimate of drug-likeness (QED) is 0.821. The molecule has 15 heavy (non-hydrogen) atoms. The van der Waals surface area contributed by atoms with Crippen molar-refractivity contribution in [2.45, 2.75) is 6.54 Å². The molecule has 0 unspecified atom stereocenters. The third kappa shape index (κ3) is 1.68. The van der Waals surface area contributed by atoms with E-state index in [4.69, 9.17) is 4.74 Å². The Labute approximate surface area is 88.9 Å². The molecule has 0 radical (unpaired) electrons. The second-order valence-corrected chi connectivity index (χ2v) is 3.47. The molecule has 0 aliphatic carbocycles. The third-order valence-corrected chi connectivity index (χ3v) is 2.52. The molecule has 4 nitrogen and oxygen atoms in total. The lowest BCUT2D eigenvalue weighted by molar-refractivity contribution is 0.415. The molecule has 0 fully saturated rings. The first-order valence-corrected chi connectivity index (χ1v) is 4.90. The Kier molecular flexibility index (Phi) is 2.60. The smallest absolute Gasteiger partial charge is 0.123 e. The average Bonchev–Trinajstić information content (AvgIpc) is 2.56. The molecule has 0 saturated heterocycles. The van der Waals surface area contributed by atoms with Gasteiger partial charge in [0.25, 0.3) is 0 Å². The summed E-state index contributed by atoms with van der Waals surface area (Å²) < 4.78 is 7.26. The maximum absolute atomic E-state index is 5.17. The molecule has 0 spiro atoms. The van der Waals surface area contributed by atoms with Gasteiger partial charge in [-0.15, -0.1) is 0 Å².